The molecule has 6 nitrogen and oxygen atoms in total. The molecular weight excluding hydrogens is 388 g/mol. The van der Waals surface area contributed by atoms with Gasteiger partial charge < -0.3 is 14.6 Å². The van der Waals surface area contributed by atoms with E-state index in [1.807, 2.05) is 0 Å². The van der Waals surface area contributed by atoms with Gasteiger partial charge in [-0.3, -0.25) is 4.79 Å². The maximum Gasteiger partial charge on any atom is 0.276 e. The summed E-state index contributed by atoms with van der Waals surface area (Å²) in [4.78, 5) is 13.2. The number of rotatable bonds is 2. The van der Waals surface area contributed by atoms with Gasteiger partial charge in [-0.15, -0.1) is 0 Å². The van der Waals surface area contributed by atoms with Crippen LogP contribution in [0.25, 0.3) is 0 Å². The molecule has 2 aromatic rings. The standard InChI is InChI=1S/C19H21F2N3O3S/c1-19-7-3-4-15(19)23-28(26)14-9-24(2)16(17(14)27-10-19)18(25)22-11-5-6-12(20)13(21)8-11/h5-6,8-9,15,23H,3-4,7,10H2,1-2H3,(H,22,25). The van der Waals surface area contributed by atoms with E-state index in [2.05, 4.69) is 17.0 Å². The number of nitrogens with one attached hydrogen (secondary N) is 2. The quantitative estimate of drug-likeness (QED) is 0.801. The third-order valence-corrected chi connectivity index (χ3v) is 6.76. The molecule has 0 spiro atoms. The van der Waals surface area contributed by atoms with Crippen LogP contribution in [0.5, 0.6) is 5.75 Å². The number of nitrogens with zero attached hydrogens (tertiary/aromatic N) is 1. The average molecular weight is 409 g/mol. The second-order valence-corrected chi connectivity index (χ2v) is 8.85. The number of hydrogen-bond donors (Lipinski definition) is 2. The molecule has 3 unspecified atom stereocenters. The number of aromatic nitrogens is 1. The monoisotopic (exact) mass is 409 g/mol. The second kappa shape index (κ2) is 6.97. The highest BCUT2D eigenvalue weighted by molar-refractivity contribution is 7.83. The summed E-state index contributed by atoms with van der Waals surface area (Å²) >= 11 is 0. The highest BCUT2D eigenvalue weighted by atomic mass is 32.2. The van der Waals surface area contributed by atoms with Crippen molar-refractivity contribution < 1.29 is 22.5 Å². The fraction of sp³-hybridized carbons (Fsp3) is 0.421. The van der Waals surface area contributed by atoms with Crippen molar-refractivity contribution in [3.63, 3.8) is 0 Å². The van der Waals surface area contributed by atoms with E-state index < -0.39 is 28.5 Å². The molecule has 0 radical (unpaired) electrons. The molecule has 2 aliphatic rings. The zero-order valence-electron chi connectivity index (χ0n) is 15.6. The number of anilines is 1. The summed E-state index contributed by atoms with van der Waals surface area (Å²) in [6, 6.07) is 3.20. The number of carbonyl (C=O) groups excluding carboxylic acids is 1. The van der Waals surface area contributed by atoms with Crippen LogP contribution < -0.4 is 14.8 Å². The molecule has 2 N–H and O–H groups in total. The van der Waals surface area contributed by atoms with Crippen LogP contribution in [0, 0.1) is 17.0 Å². The van der Waals surface area contributed by atoms with E-state index in [1.165, 1.54) is 10.6 Å². The summed E-state index contributed by atoms with van der Waals surface area (Å²) in [5, 5.41) is 2.54. The Labute approximate surface area is 163 Å². The van der Waals surface area contributed by atoms with E-state index in [9.17, 15) is 17.8 Å². The molecule has 9 heteroatoms. The first-order valence-electron chi connectivity index (χ1n) is 9.05. The largest absolute Gasteiger partial charge is 0.489 e. The van der Waals surface area contributed by atoms with E-state index in [0.29, 0.717) is 11.5 Å². The van der Waals surface area contributed by atoms with Crippen molar-refractivity contribution in [3.05, 3.63) is 41.7 Å². The summed E-state index contributed by atoms with van der Waals surface area (Å²) < 4.78 is 50.1. The molecule has 3 atom stereocenters. The number of carbonyl (C=O) groups is 1. The molecule has 0 bridgehead atoms. The lowest BCUT2D eigenvalue weighted by atomic mass is 9.86. The molecule has 0 saturated heterocycles. The summed E-state index contributed by atoms with van der Waals surface area (Å²) in [5.74, 6) is -2.35. The molecule has 1 amide bonds. The maximum atomic E-state index is 13.4. The van der Waals surface area contributed by atoms with Gasteiger partial charge in [0, 0.05) is 36.5 Å². The Morgan fingerprint density at radius 1 is 1.39 bits per heavy atom. The fourth-order valence-electron chi connectivity index (χ4n) is 3.91. The lowest BCUT2D eigenvalue weighted by Gasteiger charge is -2.33. The predicted octanol–water partition coefficient (Wildman–Crippen LogP) is 3.12. The van der Waals surface area contributed by atoms with Crippen LogP contribution in [0.1, 0.15) is 36.7 Å². The number of benzene rings is 1. The number of ether oxygens (including phenoxy) is 1. The molecular formula is C19H21F2N3O3S. The van der Waals surface area contributed by atoms with Crippen molar-refractivity contribution in [1.29, 1.82) is 0 Å². The summed E-state index contributed by atoms with van der Waals surface area (Å²) in [6.45, 7) is 2.48. The highest BCUT2D eigenvalue weighted by Crippen LogP contribution is 2.42. The van der Waals surface area contributed by atoms with E-state index in [-0.39, 0.29) is 28.6 Å². The Morgan fingerprint density at radius 2 is 2.18 bits per heavy atom. The zero-order valence-corrected chi connectivity index (χ0v) is 16.4. The average Bonchev–Trinajstić information content (AvgIpc) is 3.15. The molecule has 4 rings (SSSR count). The van der Waals surface area contributed by atoms with Gasteiger partial charge in [-0.1, -0.05) is 13.3 Å². The Morgan fingerprint density at radius 3 is 2.93 bits per heavy atom. The number of fused-ring (bicyclic) bond motifs is 2. The SMILES string of the molecule is Cn1cc2c(c1C(=O)Nc1ccc(F)c(F)c1)OCC1(C)CCCC1NS2=O. The fourth-order valence-corrected chi connectivity index (χ4v) is 5.28. The third-order valence-electron chi connectivity index (χ3n) is 5.57. The van der Waals surface area contributed by atoms with E-state index in [4.69, 9.17) is 4.74 Å². The predicted molar refractivity (Wildman–Crippen MR) is 101 cm³/mol. The van der Waals surface area contributed by atoms with Gasteiger partial charge in [-0.2, -0.15) is 0 Å². The molecule has 1 aliphatic heterocycles. The highest BCUT2D eigenvalue weighted by Gasteiger charge is 2.43. The molecule has 150 valence electrons. The number of aryl methyl sites for hydroxylation is 1. The number of halogens is 2. The summed E-state index contributed by atoms with van der Waals surface area (Å²) in [7, 11) is 0.122. The van der Waals surface area contributed by atoms with Gasteiger partial charge in [-0.05, 0) is 25.0 Å². The molecule has 1 fully saturated rings. The van der Waals surface area contributed by atoms with Crippen molar-refractivity contribution in [3.8, 4) is 5.75 Å². The number of hydrogen-bond acceptors (Lipinski definition) is 3. The smallest absolute Gasteiger partial charge is 0.276 e. The van der Waals surface area contributed by atoms with Crippen molar-refractivity contribution in [1.82, 2.24) is 9.29 Å². The Balaban J connectivity index is 1.67. The van der Waals surface area contributed by atoms with Crippen LogP contribution in [0.2, 0.25) is 0 Å². The zero-order chi connectivity index (χ0) is 20.1. The van der Waals surface area contributed by atoms with Crippen LogP contribution in [0.3, 0.4) is 0 Å². The first kappa shape index (κ1) is 19.1. The van der Waals surface area contributed by atoms with Gasteiger partial charge in [0.2, 0.25) is 0 Å². The van der Waals surface area contributed by atoms with Crippen LogP contribution in [0.4, 0.5) is 14.5 Å². The molecule has 2 heterocycles. The topological polar surface area (TPSA) is 72.4 Å². The molecule has 1 saturated carbocycles. The summed E-state index contributed by atoms with van der Waals surface area (Å²) in [6.07, 6.45) is 4.49. The second-order valence-electron chi connectivity index (χ2n) is 7.64. The lowest BCUT2D eigenvalue weighted by Crippen LogP contribution is -2.45. The minimum Gasteiger partial charge on any atom is -0.489 e. The van der Waals surface area contributed by atoms with Crippen molar-refractivity contribution in [2.75, 3.05) is 11.9 Å². The normalized spacial score (nSPS) is 26.6. The van der Waals surface area contributed by atoms with Crippen LogP contribution in [0.15, 0.2) is 29.3 Å². The van der Waals surface area contributed by atoms with Gasteiger partial charge in [0.25, 0.3) is 5.91 Å². The van der Waals surface area contributed by atoms with Crippen LogP contribution in [-0.4, -0.2) is 27.3 Å². The minimum absolute atomic E-state index is 0.0844. The Bertz CT molecular complexity index is 978. The van der Waals surface area contributed by atoms with E-state index in [0.717, 1.165) is 31.4 Å². The van der Waals surface area contributed by atoms with Gasteiger partial charge in [0.1, 0.15) is 15.9 Å². The Kier molecular flexibility index (Phi) is 4.75. The van der Waals surface area contributed by atoms with E-state index >= 15 is 0 Å². The van der Waals surface area contributed by atoms with Gasteiger partial charge in [0.05, 0.1) is 6.61 Å². The van der Waals surface area contributed by atoms with Crippen molar-refractivity contribution >= 4 is 22.6 Å². The van der Waals surface area contributed by atoms with Crippen molar-refractivity contribution in [2.45, 2.75) is 37.1 Å². The number of amides is 1. The first-order chi connectivity index (χ1) is 13.3. The van der Waals surface area contributed by atoms with E-state index in [1.54, 1.807) is 13.2 Å². The first-order valence-corrected chi connectivity index (χ1v) is 10.2. The Hall–Kier alpha value is -2.26. The van der Waals surface area contributed by atoms with Crippen LogP contribution in [-0.2, 0) is 18.0 Å². The lowest BCUT2D eigenvalue weighted by molar-refractivity contribution is 0.100. The molecule has 1 aromatic carbocycles. The summed E-state index contributed by atoms with van der Waals surface area (Å²) in [5.41, 5.74) is 0.124. The molecule has 28 heavy (non-hydrogen) atoms. The maximum absolute atomic E-state index is 13.4. The van der Waals surface area contributed by atoms with Gasteiger partial charge in [-0.25, -0.2) is 17.7 Å². The molecule has 1 aromatic heterocycles. The van der Waals surface area contributed by atoms with Crippen molar-refractivity contribution in [2.24, 2.45) is 12.5 Å². The minimum atomic E-state index is -1.52. The third kappa shape index (κ3) is 3.22. The van der Waals surface area contributed by atoms with Gasteiger partial charge in [0.15, 0.2) is 23.1 Å². The van der Waals surface area contributed by atoms with Gasteiger partial charge >= 0.3 is 0 Å². The van der Waals surface area contributed by atoms with Crippen LogP contribution >= 0.6 is 0 Å². The molecule has 1 aliphatic carbocycles.